The van der Waals surface area contributed by atoms with Crippen molar-refractivity contribution in [3.05, 3.63) is 70.8 Å². The molecule has 0 aromatic heterocycles. The average molecular weight is 291 g/mol. The quantitative estimate of drug-likeness (QED) is 0.881. The number of hydrogen-bond acceptors (Lipinski definition) is 3. The summed E-state index contributed by atoms with van der Waals surface area (Å²) in [4.78, 5) is 24.8. The molecule has 3 rings (SSSR count). The first-order chi connectivity index (χ1) is 10.7. The Morgan fingerprint density at radius 2 is 1.86 bits per heavy atom. The van der Waals surface area contributed by atoms with Gasteiger partial charge in [-0.05, 0) is 28.8 Å². The van der Waals surface area contributed by atoms with Gasteiger partial charge in [0.1, 0.15) is 0 Å². The summed E-state index contributed by atoms with van der Waals surface area (Å²) in [6.45, 7) is 0. The molecule has 0 heterocycles. The molecule has 0 spiro atoms. The lowest BCUT2D eigenvalue weighted by atomic mass is 9.87. The first-order valence-corrected chi connectivity index (χ1v) is 7.30. The Balaban J connectivity index is 1.92. The highest BCUT2D eigenvalue weighted by Crippen LogP contribution is 2.28. The second-order valence-electron chi connectivity index (χ2n) is 5.37. The van der Waals surface area contributed by atoms with E-state index in [1.165, 1.54) is 0 Å². The Hall–Kier alpha value is -2.68. The number of rotatable bonds is 4. The van der Waals surface area contributed by atoms with Gasteiger partial charge in [0.2, 0.25) is 0 Å². The molecule has 0 amide bonds. The van der Waals surface area contributed by atoms with Crippen LogP contribution in [0.2, 0.25) is 0 Å². The highest BCUT2D eigenvalue weighted by molar-refractivity contribution is 6.25. The summed E-state index contributed by atoms with van der Waals surface area (Å²) < 4.78 is 0. The van der Waals surface area contributed by atoms with Crippen LogP contribution in [0.25, 0.3) is 6.08 Å². The van der Waals surface area contributed by atoms with Gasteiger partial charge >= 0.3 is 0 Å². The lowest BCUT2D eigenvalue weighted by Gasteiger charge is -2.18. The number of anilines is 1. The summed E-state index contributed by atoms with van der Waals surface area (Å²) >= 11 is 0. The van der Waals surface area contributed by atoms with E-state index in [0.29, 0.717) is 5.57 Å². The number of hydrogen-bond donors (Lipinski definition) is 1. The minimum Gasteiger partial charge on any atom is -0.388 e. The van der Waals surface area contributed by atoms with Crippen LogP contribution in [-0.2, 0) is 22.4 Å². The molecule has 3 heteroatoms. The zero-order valence-corrected chi connectivity index (χ0v) is 12.4. The van der Waals surface area contributed by atoms with Crippen molar-refractivity contribution in [2.75, 3.05) is 12.4 Å². The van der Waals surface area contributed by atoms with Crippen molar-refractivity contribution in [2.45, 2.75) is 12.8 Å². The number of carbonyl (C=O) groups is 2. The molecule has 2 aromatic rings. The zero-order chi connectivity index (χ0) is 15.5. The third kappa shape index (κ3) is 2.70. The number of ketones is 2. The minimum absolute atomic E-state index is 0.101. The molecular formula is C19H17NO2. The molecule has 0 saturated heterocycles. The van der Waals surface area contributed by atoms with Crippen LogP contribution in [0.5, 0.6) is 0 Å². The molecule has 0 saturated carbocycles. The Kier molecular flexibility index (Phi) is 3.88. The standard InChI is InChI=1S/C19H17NO2/c1-20-17-9-5-8-14-11-16(19(22)12-15(14)17)18(21)10-13-6-3-2-4-7-13/h2-9,11,20H,10,12H2,1H3. The number of fused-ring (bicyclic) bond motifs is 1. The van der Waals surface area contributed by atoms with Crippen LogP contribution in [0.4, 0.5) is 5.69 Å². The smallest absolute Gasteiger partial charge is 0.170 e. The van der Waals surface area contributed by atoms with Gasteiger partial charge in [0.05, 0.1) is 5.57 Å². The number of benzene rings is 2. The highest BCUT2D eigenvalue weighted by atomic mass is 16.1. The summed E-state index contributed by atoms with van der Waals surface area (Å²) in [5.41, 5.74) is 4.09. The van der Waals surface area contributed by atoms with E-state index in [1.54, 1.807) is 6.08 Å². The second kappa shape index (κ2) is 5.98. The van der Waals surface area contributed by atoms with Crippen molar-refractivity contribution in [2.24, 2.45) is 0 Å². The maximum absolute atomic E-state index is 12.4. The maximum Gasteiger partial charge on any atom is 0.170 e. The summed E-state index contributed by atoms with van der Waals surface area (Å²) in [6.07, 6.45) is 2.27. The number of Topliss-reactive ketones (excluding diaryl/α,β-unsaturated/α-hetero) is 2. The van der Waals surface area contributed by atoms with Gasteiger partial charge in [-0.15, -0.1) is 0 Å². The van der Waals surface area contributed by atoms with Crippen LogP contribution >= 0.6 is 0 Å². The normalized spacial score (nSPS) is 13.3. The van der Waals surface area contributed by atoms with Gasteiger partial charge in [-0.2, -0.15) is 0 Å². The Morgan fingerprint density at radius 1 is 1.09 bits per heavy atom. The van der Waals surface area contributed by atoms with Crippen molar-refractivity contribution in [3.8, 4) is 0 Å². The summed E-state index contributed by atoms with van der Waals surface area (Å²) in [6, 6.07) is 15.3. The zero-order valence-electron chi connectivity index (χ0n) is 12.4. The lowest BCUT2D eigenvalue weighted by molar-refractivity contribution is -0.120. The van der Waals surface area contributed by atoms with Gasteiger partial charge in [-0.1, -0.05) is 42.5 Å². The molecule has 0 atom stereocenters. The van der Waals surface area contributed by atoms with Gasteiger partial charge in [0.15, 0.2) is 11.6 Å². The van der Waals surface area contributed by atoms with E-state index < -0.39 is 0 Å². The Labute approximate surface area is 129 Å². The fraction of sp³-hybridized carbons (Fsp3) is 0.158. The second-order valence-corrected chi connectivity index (χ2v) is 5.37. The Morgan fingerprint density at radius 3 is 2.59 bits per heavy atom. The summed E-state index contributed by atoms with van der Waals surface area (Å²) in [5.74, 6) is -0.215. The van der Waals surface area contributed by atoms with Gasteiger partial charge < -0.3 is 5.32 Å². The van der Waals surface area contributed by atoms with Crippen LogP contribution in [0, 0.1) is 0 Å². The molecule has 22 heavy (non-hydrogen) atoms. The molecule has 3 nitrogen and oxygen atoms in total. The van der Waals surface area contributed by atoms with E-state index >= 15 is 0 Å². The largest absolute Gasteiger partial charge is 0.388 e. The molecule has 0 bridgehead atoms. The first kappa shape index (κ1) is 14.3. The number of carbonyl (C=O) groups excluding carboxylic acids is 2. The van der Waals surface area contributed by atoms with E-state index in [9.17, 15) is 9.59 Å². The summed E-state index contributed by atoms with van der Waals surface area (Å²) in [5, 5.41) is 3.09. The molecule has 110 valence electrons. The first-order valence-electron chi connectivity index (χ1n) is 7.30. The van der Waals surface area contributed by atoms with Crippen LogP contribution in [0.3, 0.4) is 0 Å². The van der Waals surface area contributed by atoms with E-state index in [4.69, 9.17) is 0 Å². The fourth-order valence-electron chi connectivity index (χ4n) is 2.78. The van der Waals surface area contributed by atoms with Gasteiger partial charge in [-0.3, -0.25) is 9.59 Å². The van der Waals surface area contributed by atoms with Crippen LogP contribution in [0.15, 0.2) is 54.1 Å². The lowest BCUT2D eigenvalue weighted by Crippen LogP contribution is -2.21. The predicted molar refractivity (Wildman–Crippen MR) is 87.8 cm³/mol. The average Bonchev–Trinajstić information content (AvgIpc) is 2.54. The fourth-order valence-corrected chi connectivity index (χ4v) is 2.78. The van der Waals surface area contributed by atoms with Crippen molar-refractivity contribution < 1.29 is 9.59 Å². The van der Waals surface area contributed by atoms with E-state index in [1.807, 2.05) is 55.6 Å². The van der Waals surface area contributed by atoms with Crippen molar-refractivity contribution in [1.82, 2.24) is 0 Å². The van der Waals surface area contributed by atoms with Gasteiger partial charge in [0.25, 0.3) is 0 Å². The van der Waals surface area contributed by atoms with Gasteiger partial charge in [-0.25, -0.2) is 0 Å². The van der Waals surface area contributed by atoms with Crippen molar-refractivity contribution >= 4 is 23.3 Å². The molecule has 0 unspecified atom stereocenters. The van der Waals surface area contributed by atoms with Crippen LogP contribution in [-0.4, -0.2) is 18.6 Å². The van der Waals surface area contributed by atoms with Gasteiger partial charge in [0, 0.05) is 25.6 Å². The minimum atomic E-state index is -0.114. The Bertz CT molecular complexity index is 760. The van der Waals surface area contributed by atoms with Crippen LogP contribution < -0.4 is 5.32 Å². The van der Waals surface area contributed by atoms with Crippen molar-refractivity contribution in [1.29, 1.82) is 0 Å². The monoisotopic (exact) mass is 291 g/mol. The molecule has 1 N–H and O–H groups in total. The molecule has 1 aliphatic carbocycles. The predicted octanol–water partition coefficient (Wildman–Crippen LogP) is 3.05. The van der Waals surface area contributed by atoms with E-state index in [0.717, 1.165) is 22.4 Å². The van der Waals surface area contributed by atoms with Crippen molar-refractivity contribution in [3.63, 3.8) is 0 Å². The summed E-state index contributed by atoms with van der Waals surface area (Å²) in [7, 11) is 1.83. The van der Waals surface area contributed by atoms with Crippen LogP contribution in [0.1, 0.15) is 16.7 Å². The molecule has 0 radical (unpaired) electrons. The third-order valence-electron chi connectivity index (χ3n) is 3.93. The number of nitrogens with one attached hydrogen (secondary N) is 1. The van der Waals surface area contributed by atoms with E-state index in [2.05, 4.69) is 5.32 Å². The third-order valence-corrected chi connectivity index (χ3v) is 3.93. The molecule has 0 fully saturated rings. The molecule has 2 aromatic carbocycles. The SMILES string of the molecule is CNc1cccc2c1CC(=O)C(C(=O)Cc1ccccc1)=C2. The maximum atomic E-state index is 12.4. The topological polar surface area (TPSA) is 46.2 Å². The molecular weight excluding hydrogens is 274 g/mol. The number of allylic oxidation sites excluding steroid dienone is 1. The molecule has 0 aliphatic heterocycles. The molecule has 1 aliphatic rings. The highest BCUT2D eigenvalue weighted by Gasteiger charge is 2.25. The van der Waals surface area contributed by atoms with E-state index in [-0.39, 0.29) is 24.4 Å².